The highest BCUT2D eigenvalue weighted by Crippen LogP contribution is 2.25. The van der Waals surface area contributed by atoms with Crippen LogP contribution in [0.2, 0.25) is 0 Å². The van der Waals surface area contributed by atoms with E-state index >= 15 is 0 Å². The van der Waals surface area contributed by atoms with Crippen LogP contribution >= 0.6 is 11.6 Å². The van der Waals surface area contributed by atoms with Gasteiger partial charge in [-0.25, -0.2) is 4.99 Å². The van der Waals surface area contributed by atoms with E-state index in [1.54, 1.807) is 11.0 Å². The molecule has 3 rings (SSSR count). The van der Waals surface area contributed by atoms with Crippen LogP contribution in [-0.2, 0) is 9.47 Å². The first-order valence-corrected chi connectivity index (χ1v) is 6.14. The van der Waals surface area contributed by atoms with E-state index in [-0.39, 0.29) is 6.79 Å². The fourth-order valence-electron chi connectivity index (χ4n) is 1.95. The fourth-order valence-corrected chi connectivity index (χ4v) is 2.16. The van der Waals surface area contributed by atoms with Gasteiger partial charge in [0.05, 0.1) is 0 Å². The van der Waals surface area contributed by atoms with Crippen LogP contribution in [-0.4, -0.2) is 23.7 Å². The maximum absolute atomic E-state index is 6.08. The second-order valence-electron chi connectivity index (χ2n) is 4.04. The number of halogens is 1. The average molecular weight is 278 g/mol. The van der Waals surface area contributed by atoms with E-state index in [4.69, 9.17) is 26.8 Å². The molecule has 2 N–H and O–H groups in total. The lowest BCUT2D eigenvalue weighted by Crippen LogP contribution is -2.46. The first-order valence-electron chi connectivity index (χ1n) is 5.76. The molecule has 0 saturated heterocycles. The van der Waals surface area contributed by atoms with E-state index in [1.165, 1.54) is 6.26 Å². The molecule has 1 aromatic carbocycles. The Bertz CT molecular complexity index is 569. The first-order chi connectivity index (χ1) is 9.25. The summed E-state index contributed by atoms with van der Waals surface area (Å²) in [5, 5.41) is 0.363. The molecule has 19 heavy (non-hydrogen) atoms. The molecular formula is C13H12ClN3O2. The molecule has 5 nitrogen and oxygen atoms in total. The highest BCUT2D eigenvalue weighted by Gasteiger charge is 2.29. The molecule has 6 heteroatoms. The molecule has 1 atom stereocenters. The van der Waals surface area contributed by atoms with Crippen molar-refractivity contribution in [3.8, 4) is 0 Å². The maximum Gasteiger partial charge on any atom is 0.235 e. The largest absolute Gasteiger partial charge is 0.459 e. The number of amidine groups is 1. The van der Waals surface area contributed by atoms with E-state index in [2.05, 4.69) is 4.99 Å². The van der Waals surface area contributed by atoms with Gasteiger partial charge in [-0.05, 0) is 6.08 Å². The van der Waals surface area contributed by atoms with E-state index in [9.17, 15) is 0 Å². The molecule has 98 valence electrons. The average Bonchev–Trinajstić information content (AvgIpc) is 2.92. The third-order valence-electron chi connectivity index (χ3n) is 2.78. The smallest absolute Gasteiger partial charge is 0.235 e. The summed E-state index contributed by atoms with van der Waals surface area (Å²) in [6, 6.07) is 9.65. The molecule has 0 fully saturated rings. The highest BCUT2D eigenvalue weighted by atomic mass is 35.5. The zero-order valence-electron chi connectivity index (χ0n) is 9.99. The zero-order valence-corrected chi connectivity index (χ0v) is 10.7. The van der Waals surface area contributed by atoms with E-state index < -0.39 is 6.17 Å². The van der Waals surface area contributed by atoms with Crippen LogP contribution in [0.25, 0.3) is 0 Å². The lowest BCUT2D eigenvalue weighted by Gasteiger charge is -2.31. The quantitative estimate of drug-likeness (QED) is 0.839. The second-order valence-corrected chi connectivity index (χ2v) is 4.42. The summed E-state index contributed by atoms with van der Waals surface area (Å²) in [6.45, 7) is 0.179. The Labute approximate surface area is 115 Å². The van der Waals surface area contributed by atoms with Crippen LogP contribution in [0.3, 0.4) is 0 Å². The Kier molecular flexibility index (Phi) is 3.15. The monoisotopic (exact) mass is 277 g/mol. The van der Waals surface area contributed by atoms with E-state index in [0.29, 0.717) is 16.9 Å². The van der Waals surface area contributed by atoms with Gasteiger partial charge in [-0.3, -0.25) is 4.90 Å². The minimum atomic E-state index is -0.451. The number of ether oxygens (including phenoxy) is 2. The third-order valence-corrected chi connectivity index (χ3v) is 2.99. The van der Waals surface area contributed by atoms with Crippen LogP contribution in [0.1, 0.15) is 5.56 Å². The van der Waals surface area contributed by atoms with Crippen molar-refractivity contribution in [2.24, 2.45) is 10.7 Å². The van der Waals surface area contributed by atoms with Crippen molar-refractivity contribution in [2.75, 3.05) is 6.79 Å². The molecular weight excluding hydrogens is 266 g/mol. The SMILES string of the molecule is NC1C=C(Cl)N=C(c2ccccc2)N1C1=COCO1. The summed E-state index contributed by atoms with van der Waals surface area (Å²) in [7, 11) is 0. The Morgan fingerprint density at radius 3 is 2.79 bits per heavy atom. The van der Waals surface area contributed by atoms with Crippen molar-refractivity contribution < 1.29 is 9.47 Å². The number of rotatable bonds is 2. The van der Waals surface area contributed by atoms with Gasteiger partial charge in [0, 0.05) is 5.56 Å². The molecule has 0 amide bonds. The normalized spacial score (nSPS) is 22.1. The lowest BCUT2D eigenvalue weighted by molar-refractivity contribution is 0.0577. The van der Waals surface area contributed by atoms with E-state index in [1.807, 2.05) is 30.3 Å². The van der Waals surface area contributed by atoms with E-state index in [0.717, 1.165) is 5.56 Å². The minimum absolute atomic E-state index is 0.179. The Morgan fingerprint density at radius 2 is 2.11 bits per heavy atom. The van der Waals surface area contributed by atoms with Crippen molar-refractivity contribution in [2.45, 2.75) is 6.17 Å². The minimum Gasteiger partial charge on any atom is -0.459 e. The summed E-state index contributed by atoms with van der Waals surface area (Å²) in [4.78, 5) is 6.09. The van der Waals surface area contributed by atoms with Gasteiger partial charge in [-0.1, -0.05) is 41.9 Å². The topological polar surface area (TPSA) is 60.1 Å². The maximum atomic E-state index is 6.08. The fraction of sp³-hybridized carbons (Fsp3) is 0.154. The molecule has 2 heterocycles. The lowest BCUT2D eigenvalue weighted by atomic mass is 10.1. The van der Waals surface area contributed by atoms with Crippen molar-refractivity contribution in [3.63, 3.8) is 0 Å². The highest BCUT2D eigenvalue weighted by molar-refractivity contribution is 6.30. The van der Waals surface area contributed by atoms with Crippen LogP contribution in [0.5, 0.6) is 0 Å². The predicted octanol–water partition coefficient (Wildman–Crippen LogP) is 1.92. The molecule has 0 saturated carbocycles. The van der Waals surface area contributed by atoms with Gasteiger partial charge in [-0.15, -0.1) is 0 Å². The standard InChI is InChI=1S/C13H12ClN3O2/c14-10-6-11(15)17(12-7-18-8-19-12)13(16-10)9-4-2-1-3-5-9/h1-7,11H,8,15H2. The molecule has 0 spiro atoms. The molecule has 0 radical (unpaired) electrons. The van der Waals surface area contributed by atoms with Gasteiger partial charge in [-0.2, -0.15) is 0 Å². The summed E-state index contributed by atoms with van der Waals surface area (Å²) < 4.78 is 10.5. The van der Waals surface area contributed by atoms with Gasteiger partial charge in [0.25, 0.3) is 0 Å². The summed E-state index contributed by atoms with van der Waals surface area (Å²) in [5.41, 5.74) is 6.99. The molecule has 0 aromatic heterocycles. The van der Waals surface area contributed by atoms with Gasteiger partial charge < -0.3 is 15.2 Å². The Hall–Kier alpha value is -1.98. The van der Waals surface area contributed by atoms with Gasteiger partial charge >= 0.3 is 0 Å². The number of benzene rings is 1. The van der Waals surface area contributed by atoms with Crippen molar-refractivity contribution in [1.82, 2.24) is 4.90 Å². The second kappa shape index (κ2) is 4.95. The van der Waals surface area contributed by atoms with Crippen molar-refractivity contribution >= 4 is 17.4 Å². The molecule has 0 aliphatic carbocycles. The molecule has 1 aromatic rings. The van der Waals surface area contributed by atoms with Crippen LogP contribution < -0.4 is 5.73 Å². The van der Waals surface area contributed by atoms with Gasteiger partial charge in [0.2, 0.25) is 12.7 Å². The van der Waals surface area contributed by atoms with Crippen LogP contribution in [0.15, 0.2) is 58.7 Å². The number of nitrogens with two attached hydrogens (primary N) is 1. The molecule has 2 aliphatic rings. The number of hydrogen-bond acceptors (Lipinski definition) is 5. The number of aliphatic imine (C=N–C) groups is 1. The van der Waals surface area contributed by atoms with Crippen molar-refractivity contribution in [3.05, 3.63) is 59.3 Å². The number of hydrogen-bond donors (Lipinski definition) is 1. The van der Waals surface area contributed by atoms with Crippen LogP contribution in [0.4, 0.5) is 0 Å². The zero-order chi connectivity index (χ0) is 13.2. The Morgan fingerprint density at radius 1 is 1.32 bits per heavy atom. The molecule has 0 bridgehead atoms. The summed E-state index contributed by atoms with van der Waals surface area (Å²) in [5.74, 6) is 1.16. The summed E-state index contributed by atoms with van der Waals surface area (Å²) >= 11 is 6.00. The van der Waals surface area contributed by atoms with Gasteiger partial charge in [0.15, 0.2) is 0 Å². The predicted molar refractivity (Wildman–Crippen MR) is 71.8 cm³/mol. The third kappa shape index (κ3) is 2.30. The Balaban J connectivity index is 2.04. The summed E-state index contributed by atoms with van der Waals surface area (Å²) in [6.07, 6.45) is 2.72. The van der Waals surface area contributed by atoms with Crippen LogP contribution in [0, 0.1) is 0 Å². The molecule has 2 aliphatic heterocycles. The van der Waals surface area contributed by atoms with Gasteiger partial charge in [0.1, 0.15) is 23.4 Å². The van der Waals surface area contributed by atoms with Crippen molar-refractivity contribution in [1.29, 1.82) is 0 Å². The molecule has 1 unspecified atom stereocenters. The number of nitrogens with zero attached hydrogens (tertiary/aromatic N) is 2. The first kappa shape index (κ1) is 12.1.